The summed E-state index contributed by atoms with van der Waals surface area (Å²) in [6, 6.07) is 10.8. The summed E-state index contributed by atoms with van der Waals surface area (Å²) in [4.78, 5) is 16.1. The Hall–Kier alpha value is -0.940. The number of ketones is 1. The maximum atomic E-state index is 12.2. The first-order valence-corrected chi connectivity index (χ1v) is 6.05. The zero-order chi connectivity index (χ0) is 11.5. The lowest BCUT2D eigenvalue weighted by Gasteiger charge is -2.04. The quantitative estimate of drug-likeness (QED) is 0.474. The third kappa shape index (κ3) is 2.25. The lowest BCUT2D eigenvalue weighted by atomic mass is 10.1. The van der Waals surface area contributed by atoms with Crippen molar-refractivity contribution in [1.29, 1.82) is 0 Å². The van der Waals surface area contributed by atoms with E-state index in [2.05, 4.69) is 27.6 Å². The Bertz CT molecular complexity index is 508. The molecule has 0 bridgehead atoms. The molecule has 0 aliphatic heterocycles. The van der Waals surface area contributed by atoms with Crippen LogP contribution in [-0.2, 0) is 0 Å². The van der Waals surface area contributed by atoms with Crippen LogP contribution in [0, 0.1) is 3.57 Å². The number of hydrogen-bond acceptors (Lipinski definition) is 2. The summed E-state index contributed by atoms with van der Waals surface area (Å²) in [6.07, 6.45) is 1.59. The predicted octanol–water partition coefficient (Wildman–Crippen LogP) is 3.57. The van der Waals surface area contributed by atoms with Crippen molar-refractivity contribution in [3.8, 4) is 0 Å². The van der Waals surface area contributed by atoms with E-state index in [0.29, 0.717) is 11.1 Å². The standard InChI is InChI=1S/C12H7ClINO/c13-12-10(9(14)6-7-15-12)11(16)8-4-2-1-3-5-8/h1-7H. The van der Waals surface area contributed by atoms with Gasteiger partial charge in [-0.25, -0.2) is 4.98 Å². The van der Waals surface area contributed by atoms with E-state index in [-0.39, 0.29) is 10.9 Å². The summed E-state index contributed by atoms with van der Waals surface area (Å²) in [7, 11) is 0. The van der Waals surface area contributed by atoms with Crippen LogP contribution in [0.1, 0.15) is 15.9 Å². The number of hydrogen-bond donors (Lipinski definition) is 0. The molecule has 0 aliphatic rings. The molecule has 2 nitrogen and oxygen atoms in total. The number of rotatable bonds is 2. The molecule has 1 aromatic heterocycles. The van der Waals surface area contributed by atoms with Crippen molar-refractivity contribution >= 4 is 40.0 Å². The van der Waals surface area contributed by atoms with Gasteiger partial charge in [-0.15, -0.1) is 0 Å². The van der Waals surface area contributed by atoms with Gasteiger partial charge in [-0.3, -0.25) is 4.79 Å². The van der Waals surface area contributed by atoms with E-state index in [1.165, 1.54) is 0 Å². The molecule has 16 heavy (non-hydrogen) atoms. The van der Waals surface area contributed by atoms with Crippen LogP contribution in [0.25, 0.3) is 0 Å². The highest BCUT2D eigenvalue weighted by molar-refractivity contribution is 14.1. The van der Waals surface area contributed by atoms with E-state index >= 15 is 0 Å². The number of carbonyl (C=O) groups excluding carboxylic acids is 1. The summed E-state index contributed by atoms with van der Waals surface area (Å²) < 4.78 is 0.812. The molecule has 80 valence electrons. The SMILES string of the molecule is O=C(c1ccccc1)c1c(I)ccnc1Cl. The van der Waals surface area contributed by atoms with Crippen LogP contribution in [0.2, 0.25) is 5.15 Å². The molecule has 0 atom stereocenters. The first-order chi connectivity index (χ1) is 7.70. The lowest BCUT2D eigenvalue weighted by molar-refractivity contribution is 0.103. The van der Waals surface area contributed by atoms with Gasteiger partial charge in [0.2, 0.25) is 0 Å². The minimum absolute atomic E-state index is 0.0944. The number of nitrogens with zero attached hydrogens (tertiary/aromatic N) is 1. The van der Waals surface area contributed by atoms with Gasteiger partial charge in [-0.1, -0.05) is 41.9 Å². The Kier molecular flexibility index (Phi) is 3.56. The van der Waals surface area contributed by atoms with E-state index in [0.717, 1.165) is 3.57 Å². The molecule has 0 spiro atoms. The Balaban J connectivity index is 2.50. The zero-order valence-corrected chi connectivity index (χ0v) is 11.1. The summed E-state index contributed by atoms with van der Waals surface area (Å²) in [5, 5.41) is 0.251. The molecule has 0 fully saturated rings. The number of pyridine rings is 1. The van der Waals surface area contributed by atoms with Gasteiger partial charge in [0.05, 0.1) is 5.56 Å². The molecule has 2 rings (SSSR count). The number of aromatic nitrogens is 1. The molecule has 0 saturated heterocycles. The number of carbonyl (C=O) groups is 1. The topological polar surface area (TPSA) is 30.0 Å². The van der Waals surface area contributed by atoms with Crippen molar-refractivity contribution < 1.29 is 4.79 Å². The smallest absolute Gasteiger partial charge is 0.197 e. The Morgan fingerprint density at radius 2 is 1.88 bits per heavy atom. The molecule has 0 radical (unpaired) electrons. The highest BCUT2D eigenvalue weighted by Crippen LogP contribution is 2.22. The fraction of sp³-hybridized carbons (Fsp3) is 0. The fourth-order valence-electron chi connectivity index (χ4n) is 1.35. The van der Waals surface area contributed by atoms with E-state index in [4.69, 9.17) is 11.6 Å². The third-order valence-corrected chi connectivity index (χ3v) is 3.30. The fourth-order valence-corrected chi connectivity index (χ4v) is 2.42. The van der Waals surface area contributed by atoms with Crippen molar-refractivity contribution in [3.05, 3.63) is 62.4 Å². The van der Waals surface area contributed by atoms with Crippen molar-refractivity contribution in [1.82, 2.24) is 4.98 Å². The molecule has 0 unspecified atom stereocenters. The first kappa shape index (κ1) is 11.5. The summed E-state index contributed by atoms with van der Waals surface area (Å²) in [5.74, 6) is -0.0944. The van der Waals surface area contributed by atoms with Crippen LogP contribution < -0.4 is 0 Å². The summed E-state index contributed by atoms with van der Waals surface area (Å²) >= 11 is 8.02. The lowest BCUT2D eigenvalue weighted by Crippen LogP contribution is -2.05. The van der Waals surface area contributed by atoms with Gasteiger partial charge < -0.3 is 0 Å². The third-order valence-electron chi connectivity index (χ3n) is 2.12. The second-order valence-electron chi connectivity index (χ2n) is 3.15. The maximum Gasteiger partial charge on any atom is 0.197 e. The van der Waals surface area contributed by atoms with Crippen molar-refractivity contribution in [2.45, 2.75) is 0 Å². The molecule has 1 heterocycles. The van der Waals surface area contributed by atoms with Crippen LogP contribution in [0.5, 0.6) is 0 Å². The second kappa shape index (κ2) is 4.93. The van der Waals surface area contributed by atoms with E-state index in [1.807, 2.05) is 18.2 Å². The average Bonchev–Trinajstić information content (AvgIpc) is 2.30. The Morgan fingerprint density at radius 1 is 1.19 bits per heavy atom. The molecule has 1 aromatic carbocycles. The maximum absolute atomic E-state index is 12.2. The Morgan fingerprint density at radius 3 is 2.50 bits per heavy atom. The predicted molar refractivity (Wildman–Crippen MR) is 71.8 cm³/mol. The van der Waals surface area contributed by atoms with Crippen molar-refractivity contribution in [2.75, 3.05) is 0 Å². The van der Waals surface area contributed by atoms with Crippen LogP contribution in [0.4, 0.5) is 0 Å². The zero-order valence-electron chi connectivity index (χ0n) is 8.15. The average molecular weight is 344 g/mol. The van der Waals surface area contributed by atoms with Crippen LogP contribution in [0.15, 0.2) is 42.6 Å². The normalized spacial score (nSPS) is 10.1. The van der Waals surface area contributed by atoms with Crippen molar-refractivity contribution in [2.24, 2.45) is 0 Å². The van der Waals surface area contributed by atoms with Gasteiger partial charge in [-0.2, -0.15) is 0 Å². The largest absolute Gasteiger partial charge is 0.288 e. The van der Waals surface area contributed by atoms with Crippen LogP contribution in [-0.4, -0.2) is 10.8 Å². The summed E-state index contributed by atoms with van der Waals surface area (Å²) in [6.45, 7) is 0. The van der Waals surface area contributed by atoms with Gasteiger partial charge in [0.1, 0.15) is 5.15 Å². The highest BCUT2D eigenvalue weighted by atomic mass is 127. The van der Waals surface area contributed by atoms with E-state index in [9.17, 15) is 4.79 Å². The van der Waals surface area contributed by atoms with Crippen LogP contribution >= 0.6 is 34.2 Å². The van der Waals surface area contributed by atoms with Gasteiger partial charge in [0.25, 0.3) is 0 Å². The minimum Gasteiger partial charge on any atom is -0.288 e. The molecule has 2 aromatic rings. The van der Waals surface area contributed by atoms with Gasteiger partial charge >= 0.3 is 0 Å². The van der Waals surface area contributed by atoms with E-state index in [1.54, 1.807) is 24.4 Å². The monoisotopic (exact) mass is 343 g/mol. The molecule has 4 heteroatoms. The molecule has 0 amide bonds. The second-order valence-corrected chi connectivity index (χ2v) is 4.67. The molecular formula is C12H7ClINO. The molecule has 0 aliphatic carbocycles. The van der Waals surface area contributed by atoms with E-state index < -0.39 is 0 Å². The number of benzene rings is 1. The highest BCUT2D eigenvalue weighted by Gasteiger charge is 2.16. The summed E-state index contributed by atoms with van der Waals surface area (Å²) in [5.41, 5.74) is 1.09. The van der Waals surface area contributed by atoms with Gasteiger partial charge in [-0.05, 0) is 28.7 Å². The Labute approximate surface area is 112 Å². The van der Waals surface area contributed by atoms with Gasteiger partial charge in [0.15, 0.2) is 5.78 Å². The molecule has 0 N–H and O–H groups in total. The number of halogens is 2. The van der Waals surface area contributed by atoms with Crippen LogP contribution in [0.3, 0.4) is 0 Å². The molecular weight excluding hydrogens is 336 g/mol. The first-order valence-electron chi connectivity index (χ1n) is 4.60. The minimum atomic E-state index is -0.0944. The van der Waals surface area contributed by atoms with Crippen molar-refractivity contribution in [3.63, 3.8) is 0 Å². The molecule has 0 saturated carbocycles. The van der Waals surface area contributed by atoms with Gasteiger partial charge in [0, 0.05) is 15.3 Å².